The van der Waals surface area contributed by atoms with Crippen LogP contribution in [0.25, 0.3) is 11.0 Å². The maximum absolute atomic E-state index is 13.0. The Balaban J connectivity index is 1.21. The maximum atomic E-state index is 13.0. The molecule has 1 saturated heterocycles. The lowest BCUT2D eigenvalue weighted by molar-refractivity contribution is -0.245. The van der Waals surface area contributed by atoms with E-state index in [2.05, 4.69) is 25.3 Å². The lowest BCUT2D eigenvalue weighted by Crippen LogP contribution is -2.31. The lowest BCUT2D eigenvalue weighted by Gasteiger charge is -2.36. The summed E-state index contributed by atoms with van der Waals surface area (Å²) in [5.41, 5.74) is 4.81. The van der Waals surface area contributed by atoms with Crippen LogP contribution in [0.2, 0.25) is 0 Å². The highest BCUT2D eigenvalue weighted by Gasteiger charge is 2.32. The third kappa shape index (κ3) is 6.58. The Kier molecular flexibility index (Phi) is 8.24. The average Bonchev–Trinajstić information content (AvgIpc) is 3.04. The van der Waals surface area contributed by atoms with Crippen molar-refractivity contribution in [2.75, 3.05) is 11.1 Å². The molecule has 1 fully saturated rings. The molecule has 5 aromatic rings. The van der Waals surface area contributed by atoms with Crippen molar-refractivity contribution < 1.29 is 19.4 Å². The molecule has 206 valence electrons. The van der Waals surface area contributed by atoms with Gasteiger partial charge in [0.1, 0.15) is 5.69 Å². The van der Waals surface area contributed by atoms with E-state index in [1.54, 1.807) is 18.5 Å². The molecule has 1 aliphatic heterocycles. The van der Waals surface area contributed by atoms with Crippen LogP contribution in [0.3, 0.4) is 0 Å². The van der Waals surface area contributed by atoms with Crippen LogP contribution in [-0.2, 0) is 16.1 Å². The Morgan fingerprint density at radius 2 is 1.71 bits per heavy atom. The summed E-state index contributed by atoms with van der Waals surface area (Å²) >= 11 is 1.53. The Bertz CT molecular complexity index is 1640. The van der Waals surface area contributed by atoms with Crippen molar-refractivity contribution in [2.24, 2.45) is 0 Å². The molecule has 0 bridgehead atoms. The number of para-hydroxylation sites is 2. The van der Waals surface area contributed by atoms with Gasteiger partial charge in [0.25, 0.3) is 5.91 Å². The van der Waals surface area contributed by atoms with Gasteiger partial charge < -0.3 is 19.9 Å². The fraction of sp³-hybridized carbons (Fsp3) is 0.194. The second-order valence-electron chi connectivity index (χ2n) is 9.52. The van der Waals surface area contributed by atoms with Crippen molar-refractivity contribution in [3.63, 3.8) is 0 Å². The highest BCUT2D eigenvalue weighted by molar-refractivity contribution is 7.99. The molecule has 9 nitrogen and oxygen atoms in total. The van der Waals surface area contributed by atoms with Crippen molar-refractivity contribution >= 4 is 34.4 Å². The standard InChI is InChI=1S/C31H27N5O4S/c37-18-20-9-11-21(12-10-20)28-16-24(19-41-31-32-13-4-14-33-31)39-30(40-28)22-5-3-6-23(15-22)35-29(38)27-17-34-25-7-1-2-8-26(25)36-27/h1-15,17,24,28,30,37H,16,18-19H2,(H,35,38). The third-order valence-electron chi connectivity index (χ3n) is 6.65. The minimum Gasteiger partial charge on any atom is -0.392 e. The molecule has 10 heteroatoms. The van der Waals surface area contributed by atoms with E-state index in [1.165, 1.54) is 18.0 Å². The summed E-state index contributed by atoms with van der Waals surface area (Å²) in [4.78, 5) is 30.4. The van der Waals surface area contributed by atoms with Gasteiger partial charge in [-0.1, -0.05) is 60.3 Å². The van der Waals surface area contributed by atoms with E-state index in [0.717, 1.165) is 22.2 Å². The highest BCUT2D eigenvalue weighted by Crippen LogP contribution is 2.39. The second-order valence-corrected chi connectivity index (χ2v) is 10.5. The van der Waals surface area contributed by atoms with Gasteiger partial charge in [-0.25, -0.2) is 15.0 Å². The number of fused-ring (bicyclic) bond motifs is 1. The molecular formula is C31H27N5O4S. The molecule has 0 aliphatic carbocycles. The summed E-state index contributed by atoms with van der Waals surface area (Å²) < 4.78 is 12.9. The normalized spacial score (nSPS) is 18.7. The van der Waals surface area contributed by atoms with Crippen molar-refractivity contribution in [3.8, 4) is 0 Å². The molecule has 3 heterocycles. The number of hydrogen-bond donors (Lipinski definition) is 2. The van der Waals surface area contributed by atoms with Crippen LogP contribution >= 0.6 is 11.8 Å². The molecule has 3 unspecified atom stereocenters. The largest absolute Gasteiger partial charge is 0.392 e. The molecule has 1 aliphatic rings. The number of nitrogens with one attached hydrogen (secondary N) is 1. The van der Waals surface area contributed by atoms with E-state index in [9.17, 15) is 9.90 Å². The summed E-state index contributed by atoms with van der Waals surface area (Å²) in [5.74, 6) is 0.288. The molecule has 0 saturated carbocycles. The molecule has 1 amide bonds. The number of carbonyl (C=O) groups excluding carboxylic acids is 1. The van der Waals surface area contributed by atoms with Crippen LogP contribution in [0.1, 0.15) is 46.0 Å². The predicted octanol–water partition coefficient (Wildman–Crippen LogP) is 5.50. The highest BCUT2D eigenvalue weighted by atomic mass is 32.2. The van der Waals surface area contributed by atoms with Gasteiger partial charge in [0.05, 0.1) is 36.0 Å². The molecule has 0 spiro atoms. The fourth-order valence-electron chi connectivity index (χ4n) is 4.57. The number of aromatic nitrogens is 4. The van der Waals surface area contributed by atoms with E-state index >= 15 is 0 Å². The maximum Gasteiger partial charge on any atom is 0.275 e. The zero-order valence-electron chi connectivity index (χ0n) is 22.0. The third-order valence-corrected chi connectivity index (χ3v) is 7.66. The van der Waals surface area contributed by atoms with Crippen LogP contribution in [0, 0.1) is 0 Å². The van der Waals surface area contributed by atoms with Gasteiger partial charge in [0, 0.05) is 35.8 Å². The number of hydrogen-bond acceptors (Lipinski definition) is 9. The number of aliphatic hydroxyl groups excluding tert-OH is 1. The van der Waals surface area contributed by atoms with E-state index in [-0.39, 0.29) is 30.4 Å². The van der Waals surface area contributed by atoms with Gasteiger partial charge in [0.2, 0.25) is 0 Å². The number of nitrogens with zero attached hydrogens (tertiary/aromatic N) is 4. The Morgan fingerprint density at radius 3 is 2.51 bits per heavy atom. The first-order valence-corrected chi connectivity index (χ1v) is 14.2. The van der Waals surface area contributed by atoms with Gasteiger partial charge in [0.15, 0.2) is 11.4 Å². The van der Waals surface area contributed by atoms with Crippen molar-refractivity contribution in [1.82, 2.24) is 19.9 Å². The zero-order valence-corrected chi connectivity index (χ0v) is 22.8. The van der Waals surface area contributed by atoms with E-state index in [1.807, 2.05) is 72.8 Å². The Morgan fingerprint density at radius 1 is 0.902 bits per heavy atom. The van der Waals surface area contributed by atoms with Crippen LogP contribution in [0.5, 0.6) is 0 Å². The first-order valence-electron chi connectivity index (χ1n) is 13.2. The van der Waals surface area contributed by atoms with Crippen LogP contribution in [-0.4, -0.2) is 42.8 Å². The molecule has 2 N–H and O–H groups in total. The summed E-state index contributed by atoms with van der Waals surface area (Å²) in [6.07, 6.45) is 4.53. The van der Waals surface area contributed by atoms with Crippen molar-refractivity contribution in [3.05, 3.63) is 120 Å². The minimum atomic E-state index is -0.661. The lowest BCUT2D eigenvalue weighted by atomic mass is 10.0. The van der Waals surface area contributed by atoms with Crippen LogP contribution in [0.15, 0.2) is 103 Å². The predicted molar refractivity (Wildman–Crippen MR) is 155 cm³/mol. The number of amides is 1. The number of rotatable bonds is 8. The number of benzene rings is 3. The summed E-state index contributed by atoms with van der Waals surface area (Å²) in [7, 11) is 0. The number of aliphatic hydroxyl groups is 1. The SMILES string of the molecule is O=C(Nc1cccc(C2OC(CSc3ncccn3)CC(c3ccc(CO)cc3)O2)c1)c1cnc2ccccc2n1. The van der Waals surface area contributed by atoms with Crippen LogP contribution in [0.4, 0.5) is 5.69 Å². The van der Waals surface area contributed by atoms with Gasteiger partial charge in [-0.05, 0) is 41.5 Å². The monoisotopic (exact) mass is 565 g/mol. The van der Waals surface area contributed by atoms with Crippen LogP contribution < -0.4 is 5.32 Å². The number of thioether (sulfide) groups is 1. The number of ether oxygens (including phenoxy) is 2. The summed E-state index contributed by atoms with van der Waals surface area (Å²) in [6, 6.07) is 24.4. The first-order chi connectivity index (χ1) is 20.1. The van der Waals surface area contributed by atoms with E-state index < -0.39 is 6.29 Å². The molecule has 6 rings (SSSR count). The average molecular weight is 566 g/mol. The van der Waals surface area contributed by atoms with Crippen molar-refractivity contribution in [2.45, 2.75) is 36.7 Å². The molecule has 41 heavy (non-hydrogen) atoms. The topological polar surface area (TPSA) is 119 Å². The summed E-state index contributed by atoms with van der Waals surface area (Å²) in [6.45, 7) is -0.0167. The summed E-state index contributed by atoms with van der Waals surface area (Å²) in [5, 5.41) is 13.1. The second kappa shape index (κ2) is 12.5. The number of carbonyl (C=O) groups is 1. The number of anilines is 1. The quantitative estimate of drug-likeness (QED) is 0.186. The smallest absolute Gasteiger partial charge is 0.275 e. The molecule has 2 aromatic heterocycles. The zero-order chi connectivity index (χ0) is 28.0. The van der Waals surface area contributed by atoms with Crippen molar-refractivity contribution in [1.29, 1.82) is 0 Å². The van der Waals surface area contributed by atoms with E-state index in [0.29, 0.717) is 28.5 Å². The Labute approximate surface area is 241 Å². The van der Waals surface area contributed by atoms with Gasteiger partial charge in [-0.3, -0.25) is 9.78 Å². The molecular weight excluding hydrogens is 538 g/mol. The molecule has 3 aromatic carbocycles. The van der Waals surface area contributed by atoms with Gasteiger partial charge in [-0.15, -0.1) is 0 Å². The molecule has 0 radical (unpaired) electrons. The van der Waals surface area contributed by atoms with Gasteiger partial charge in [-0.2, -0.15) is 0 Å². The fourth-order valence-corrected chi connectivity index (χ4v) is 5.40. The minimum absolute atomic E-state index is 0.0167. The van der Waals surface area contributed by atoms with E-state index in [4.69, 9.17) is 9.47 Å². The van der Waals surface area contributed by atoms with Gasteiger partial charge >= 0.3 is 0 Å². The first kappa shape index (κ1) is 27.0. The Hall–Kier alpha value is -4.22. The molecule has 3 atom stereocenters.